The molecule has 1 N–H and O–H groups in total. The molecule has 5 nitrogen and oxygen atoms in total. The molecule has 0 aliphatic heterocycles. The summed E-state index contributed by atoms with van der Waals surface area (Å²) < 4.78 is 14.4. The molecule has 0 radical (unpaired) electrons. The van der Waals surface area contributed by atoms with Crippen LogP contribution in [0.3, 0.4) is 0 Å². The molecule has 0 bridgehead atoms. The molecule has 126 valence electrons. The Balaban J connectivity index is 1.63. The van der Waals surface area contributed by atoms with Crippen molar-refractivity contribution in [3.05, 3.63) is 88.7 Å². The Hall–Kier alpha value is -3.28. The second-order valence-corrected chi connectivity index (χ2v) is 5.43. The number of hydrogen-bond donors (Lipinski definition) is 1. The summed E-state index contributed by atoms with van der Waals surface area (Å²) in [6.45, 7) is 0.624. The molecule has 1 aromatic heterocycles. The van der Waals surface area contributed by atoms with Crippen LogP contribution >= 0.6 is 0 Å². The molecule has 0 atom stereocenters. The SMILES string of the molecule is O=C(NCCn1cnc(-c2ccc(F)cc2)cc1=O)c1ccccc1. The van der Waals surface area contributed by atoms with Gasteiger partial charge < -0.3 is 5.32 Å². The molecule has 0 spiro atoms. The summed E-state index contributed by atoms with van der Waals surface area (Å²) in [5.41, 5.74) is 1.49. The molecule has 1 amide bonds. The predicted octanol–water partition coefficient (Wildman–Crippen LogP) is 2.48. The fraction of sp³-hybridized carbons (Fsp3) is 0.105. The summed E-state index contributed by atoms with van der Waals surface area (Å²) >= 11 is 0. The first kappa shape index (κ1) is 16.6. The summed E-state index contributed by atoms with van der Waals surface area (Å²) in [4.78, 5) is 28.3. The van der Waals surface area contributed by atoms with Crippen LogP contribution in [0.25, 0.3) is 11.3 Å². The number of halogens is 1. The number of carbonyl (C=O) groups excluding carboxylic acids is 1. The average molecular weight is 337 g/mol. The molecule has 25 heavy (non-hydrogen) atoms. The average Bonchev–Trinajstić information content (AvgIpc) is 2.64. The van der Waals surface area contributed by atoms with Gasteiger partial charge in [-0.2, -0.15) is 0 Å². The van der Waals surface area contributed by atoms with E-state index in [-0.39, 0.29) is 17.3 Å². The molecule has 0 fully saturated rings. The van der Waals surface area contributed by atoms with E-state index in [1.54, 1.807) is 36.4 Å². The van der Waals surface area contributed by atoms with Crippen LogP contribution in [-0.4, -0.2) is 22.0 Å². The van der Waals surface area contributed by atoms with Crippen molar-refractivity contribution in [2.24, 2.45) is 0 Å². The minimum Gasteiger partial charge on any atom is -0.350 e. The Kier molecular flexibility index (Phi) is 4.99. The minimum atomic E-state index is -0.341. The van der Waals surface area contributed by atoms with Gasteiger partial charge in [-0.1, -0.05) is 18.2 Å². The van der Waals surface area contributed by atoms with Crippen LogP contribution < -0.4 is 10.9 Å². The van der Waals surface area contributed by atoms with E-state index in [4.69, 9.17) is 0 Å². The lowest BCUT2D eigenvalue weighted by Crippen LogP contribution is -2.30. The second-order valence-electron chi connectivity index (χ2n) is 5.43. The Labute approximate surface area is 143 Å². The summed E-state index contributed by atoms with van der Waals surface area (Å²) in [7, 11) is 0. The third-order valence-electron chi connectivity index (χ3n) is 3.69. The zero-order valence-corrected chi connectivity index (χ0v) is 13.4. The van der Waals surface area contributed by atoms with Crippen LogP contribution in [-0.2, 0) is 6.54 Å². The van der Waals surface area contributed by atoms with E-state index < -0.39 is 0 Å². The number of aromatic nitrogens is 2. The summed E-state index contributed by atoms with van der Waals surface area (Å²) in [6.07, 6.45) is 1.43. The maximum Gasteiger partial charge on any atom is 0.253 e. The number of carbonyl (C=O) groups is 1. The van der Waals surface area contributed by atoms with Crippen molar-refractivity contribution in [3.63, 3.8) is 0 Å². The molecule has 0 saturated carbocycles. The smallest absolute Gasteiger partial charge is 0.253 e. The van der Waals surface area contributed by atoms with Crippen molar-refractivity contribution in [1.29, 1.82) is 0 Å². The number of amides is 1. The van der Waals surface area contributed by atoms with Crippen molar-refractivity contribution in [2.75, 3.05) is 6.54 Å². The van der Waals surface area contributed by atoms with Crippen LogP contribution in [0.2, 0.25) is 0 Å². The fourth-order valence-electron chi connectivity index (χ4n) is 2.35. The molecule has 3 rings (SSSR count). The highest BCUT2D eigenvalue weighted by Crippen LogP contribution is 2.14. The van der Waals surface area contributed by atoms with E-state index in [2.05, 4.69) is 10.3 Å². The van der Waals surface area contributed by atoms with Crippen LogP contribution in [0.15, 0.2) is 71.8 Å². The molecule has 0 aliphatic carbocycles. The maximum atomic E-state index is 13.0. The van der Waals surface area contributed by atoms with E-state index in [1.807, 2.05) is 6.07 Å². The standard InChI is InChI=1S/C19H16FN3O2/c20-16-8-6-14(7-9-16)17-12-18(24)23(13-22-17)11-10-21-19(25)15-4-2-1-3-5-15/h1-9,12-13H,10-11H2,(H,21,25). The highest BCUT2D eigenvalue weighted by molar-refractivity contribution is 5.94. The van der Waals surface area contributed by atoms with Gasteiger partial charge in [-0.3, -0.25) is 14.2 Å². The van der Waals surface area contributed by atoms with Crippen LogP contribution in [0, 0.1) is 5.82 Å². The van der Waals surface area contributed by atoms with E-state index in [0.29, 0.717) is 29.9 Å². The third kappa shape index (κ3) is 4.17. The van der Waals surface area contributed by atoms with Gasteiger partial charge in [0.15, 0.2) is 0 Å². The third-order valence-corrected chi connectivity index (χ3v) is 3.69. The van der Waals surface area contributed by atoms with E-state index in [9.17, 15) is 14.0 Å². The number of rotatable bonds is 5. The molecular formula is C19H16FN3O2. The van der Waals surface area contributed by atoms with E-state index in [0.717, 1.165) is 0 Å². The quantitative estimate of drug-likeness (QED) is 0.778. The molecule has 2 aromatic carbocycles. The number of nitrogens with one attached hydrogen (secondary N) is 1. The van der Waals surface area contributed by atoms with E-state index in [1.165, 1.54) is 29.1 Å². The molecule has 0 unspecified atom stereocenters. The van der Waals surface area contributed by atoms with Crippen LogP contribution in [0.4, 0.5) is 4.39 Å². The Morgan fingerprint density at radius 1 is 1.08 bits per heavy atom. The van der Waals surface area contributed by atoms with Gasteiger partial charge in [0.05, 0.1) is 12.0 Å². The first-order chi connectivity index (χ1) is 12.1. The monoisotopic (exact) mass is 337 g/mol. The molecule has 6 heteroatoms. The lowest BCUT2D eigenvalue weighted by molar-refractivity contribution is 0.0952. The number of nitrogens with zero attached hydrogens (tertiary/aromatic N) is 2. The maximum absolute atomic E-state index is 13.0. The number of benzene rings is 2. The lowest BCUT2D eigenvalue weighted by Gasteiger charge is -2.08. The van der Waals surface area contributed by atoms with Crippen molar-refractivity contribution in [3.8, 4) is 11.3 Å². The van der Waals surface area contributed by atoms with Gasteiger partial charge in [0, 0.05) is 30.3 Å². The van der Waals surface area contributed by atoms with Gasteiger partial charge in [-0.15, -0.1) is 0 Å². The highest BCUT2D eigenvalue weighted by Gasteiger charge is 2.06. The largest absolute Gasteiger partial charge is 0.350 e. The van der Waals surface area contributed by atoms with Gasteiger partial charge >= 0.3 is 0 Å². The molecule has 0 saturated heterocycles. The van der Waals surface area contributed by atoms with Gasteiger partial charge in [-0.05, 0) is 36.4 Å². The zero-order chi connectivity index (χ0) is 17.6. The Morgan fingerprint density at radius 3 is 2.48 bits per heavy atom. The molecule has 1 heterocycles. The van der Waals surface area contributed by atoms with Crippen LogP contribution in [0.5, 0.6) is 0 Å². The van der Waals surface area contributed by atoms with Gasteiger partial charge in [0.2, 0.25) is 0 Å². The van der Waals surface area contributed by atoms with Gasteiger partial charge in [0.1, 0.15) is 5.82 Å². The molecular weight excluding hydrogens is 321 g/mol. The summed E-state index contributed by atoms with van der Waals surface area (Å²) in [5, 5.41) is 2.76. The minimum absolute atomic E-state index is 0.190. The Morgan fingerprint density at radius 2 is 1.80 bits per heavy atom. The molecule has 0 aliphatic rings. The summed E-state index contributed by atoms with van der Waals surface area (Å²) in [5.74, 6) is -0.532. The summed E-state index contributed by atoms with van der Waals surface area (Å²) in [6, 6.07) is 16.0. The zero-order valence-electron chi connectivity index (χ0n) is 13.4. The van der Waals surface area contributed by atoms with Gasteiger partial charge in [0.25, 0.3) is 11.5 Å². The van der Waals surface area contributed by atoms with Crippen molar-refractivity contribution >= 4 is 5.91 Å². The van der Waals surface area contributed by atoms with Crippen LogP contribution in [0.1, 0.15) is 10.4 Å². The molecule has 3 aromatic rings. The van der Waals surface area contributed by atoms with Gasteiger partial charge in [-0.25, -0.2) is 9.37 Å². The second kappa shape index (κ2) is 7.53. The normalized spacial score (nSPS) is 10.4. The van der Waals surface area contributed by atoms with E-state index >= 15 is 0 Å². The predicted molar refractivity (Wildman–Crippen MR) is 92.7 cm³/mol. The first-order valence-corrected chi connectivity index (χ1v) is 7.79. The van der Waals surface area contributed by atoms with Crippen molar-refractivity contribution < 1.29 is 9.18 Å². The Bertz CT molecular complexity index is 921. The first-order valence-electron chi connectivity index (χ1n) is 7.79. The fourth-order valence-corrected chi connectivity index (χ4v) is 2.35. The lowest BCUT2D eigenvalue weighted by atomic mass is 10.1. The topological polar surface area (TPSA) is 64.0 Å². The number of hydrogen-bond acceptors (Lipinski definition) is 3. The highest BCUT2D eigenvalue weighted by atomic mass is 19.1. The van der Waals surface area contributed by atoms with Crippen molar-refractivity contribution in [2.45, 2.75) is 6.54 Å². The van der Waals surface area contributed by atoms with Crippen molar-refractivity contribution in [1.82, 2.24) is 14.9 Å².